The van der Waals surface area contributed by atoms with Gasteiger partial charge in [0.2, 0.25) is 0 Å². The molecule has 0 saturated heterocycles. The fourth-order valence-electron chi connectivity index (χ4n) is 1.28. The Kier molecular flexibility index (Phi) is 2.97. The van der Waals surface area contributed by atoms with E-state index < -0.39 is 0 Å². The van der Waals surface area contributed by atoms with E-state index in [1.54, 1.807) is 0 Å². The summed E-state index contributed by atoms with van der Waals surface area (Å²) in [6.45, 7) is 2.02. The monoisotopic (exact) mass is 216 g/mol. The summed E-state index contributed by atoms with van der Waals surface area (Å²) in [7, 11) is 0. The van der Waals surface area contributed by atoms with Crippen molar-refractivity contribution in [2.24, 2.45) is 0 Å². The molecule has 0 amide bonds. The molecule has 0 spiro atoms. The van der Waals surface area contributed by atoms with Crippen LogP contribution in [0.25, 0.3) is 0 Å². The molecule has 2 aromatic carbocycles. The molecular formula is C13H12OS. The molecule has 2 aromatic rings. The average molecular weight is 216 g/mol. The van der Waals surface area contributed by atoms with E-state index in [0.29, 0.717) is 0 Å². The van der Waals surface area contributed by atoms with E-state index in [1.807, 2.05) is 55.5 Å². The Hall–Kier alpha value is -1.41. The topological polar surface area (TPSA) is 9.23 Å². The molecule has 1 nitrogen and oxygen atoms in total. The Morgan fingerprint density at radius 1 is 0.933 bits per heavy atom. The molecule has 0 radical (unpaired) electrons. The molecule has 0 aliphatic carbocycles. The van der Waals surface area contributed by atoms with Crippen molar-refractivity contribution >= 4 is 12.6 Å². The highest BCUT2D eigenvalue weighted by Gasteiger charge is 1.98. The van der Waals surface area contributed by atoms with Crippen LogP contribution in [0.5, 0.6) is 11.5 Å². The zero-order valence-corrected chi connectivity index (χ0v) is 9.37. The van der Waals surface area contributed by atoms with Crippen molar-refractivity contribution < 1.29 is 4.74 Å². The summed E-state index contributed by atoms with van der Waals surface area (Å²) in [6, 6.07) is 15.6. The molecule has 0 bridgehead atoms. The van der Waals surface area contributed by atoms with Crippen LogP contribution in [0, 0.1) is 6.92 Å². The third-order valence-electron chi connectivity index (χ3n) is 2.16. The molecular weight excluding hydrogens is 204 g/mol. The number of benzene rings is 2. The second-order valence-electron chi connectivity index (χ2n) is 3.36. The average Bonchev–Trinajstić information content (AvgIpc) is 2.25. The van der Waals surface area contributed by atoms with Gasteiger partial charge in [-0.15, -0.1) is 12.6 Å². The maximum Gasteiger partial charge on any atom is 0.128 e. The number of hydrogen-bond donors (Lipinski definition) is 1. The number of aryl methyl sites for hydroxylation is 1. The summed E-state index contributed by atoms with van der Waals surface area (Å²) in [6.07, 6.45) is 0. The van der Waals surface area contributed by atoms with Gasteiger partial charge in [0.15, 0.2) is 0 Å². The number of rotatable bonds is 2. The van der Waals surface area contributed by atoms with Crippen molar-refractivity contribution in [1.29, 1.82) is 0 Å². The van der Waals surface area contributed by atoms with Gasteiger partial charge in [-0.05, 0) is 36.8 Å². The Bertz CT molecular complexity index is 451. The number of para-hydroxylation sites is 1. The van der Waals surface area contributed by atoms with Gasteiger partial charge in [-0.3, -0.25) is 0 Å². The first-order valence-corrected chi connectivity index (χ1v) is 5.23. The van der Waals surface area contributed by atoms with Crippen molar-refractivity contribution in [2.75, 3.05) is 0 Å². The molecule has 15 heavy (non-hydrogen) atoms. The molecule has 0 aliphatic rings. The van der Waals surface area contributed by atoms with Crippen LogP contribution in [0.1, 0.15) is 5.56 Å². The Balaban J connectivity index is 2.22. The highest BCUT2D eigenvalue weighted by Crippen LogP contribution is 2.25. The van der Waals surface area contributed by atoms with Gasteiger partial charge < -0.3 is 4.74 Å². The fourth-order valence-corrected chi connectivity index (χ4v) is 1.48. The van der Waals surface area contributed by atoms with Crippen LogP contribution in [0.3, 0.4) is 0 Å². The molecule has 2 heteroatoms. The SMILES string of the molecule is Cc1ccc(Oc2ccccc2)cc1S. The predicted molar refractivity (Wildman–Crippen MR) is 64.9 cm³/mol. The van der Waals surface area contributed by atoms with Crippen LogP contribution >= 0.6 is 12.6 Å². The van der Waals surface area contributed by atoms with Gasteiger partial charge in [-0.1, -0.05) is 24.3 Å². The largest absolute Gasteiger partial charge is 0.457 e. The van der Waals surface area contributed by atoms with Crippen LogP contribution in [0.15, 0.2) is 53.4 Å². The summed E-state index contributed by atoms with van der Waals surface area (Å²) in [5.41, 5.74) is 1.15. The molecule has 0 saturated carbocycles. The normalized spacial score (nSPS) is 10.0. The first-order valence-electron chi connectivity index (χ1n) is 4.78. The molecule has 0 atom stereocenters. The van der Waals surface area contributed by atoms with Gasteiger partial charge in [-0.25, -0.2) is 0 Å². The summed E-state index contributed by atoms with van der Waals surface area (Å²) in [4.78, 5) is 0.948. The van der Waals surface area contributed by atoms with Gasteiger partial charge in [-0.2, -0.15) is 0 Å². The molecule has 0 aromatic heterocycles. The van der Waals surface area contributed by atoms with Crippen LogP contribution in [0.2, 0.25) is 0 Å². The van der Waals surface area contributed by atoms with Crippen molar-refractivity contribution in [1.82, 2.24) is 0 Å². The first kappa shape index (κ1) is 10.1. The van der Waals surface area contributed by atoms with Gasteiger partial charge in [0.25, 0.3) is 0 Å². The van der Waals surface area contributed by atoms with Gasteiger partial charge in [0.05, 0.1) is 0 Å². The van der Waals surface area contributed by atoms with E-state index in [-0.39, 0.29) is 0 Å². The zero-order valence-electron chi connectivity index (χ0n) is 8.47. The molecule has 0 fully saturated rings. The van der Waals surface area contributed by atoms with Crippen molar-refractivity contribution in [3.05, 3.63) is 54.1 Å². The Morgan fingerprint density at radius 3 is 2.33 bits per heavy atom. The van der Waals surface area contributed by atoms with E-state index in [0.717, 1.165) is 22.0 Å². The van der Waals surface area contributed by atoms with Crippen molar-refractivity contribution in [2.45, 2.75) is 11.8 Å². The highest BCUT2D eigenvalue weighted by atomic mass is 32.1. The quantitative estimate of drug-likeness (QED) is 0.744. The fraction of sp³-hybridized carbons (Fsp3) is 0.0769. The van der Waals surface area contributed by atoms with Crippen molar-refractivity contribution in [3.63, 3.8) is 0 Å². The molecule has 0 N–H and O–H groups in total. The van der Waals surface area contributed by atoms with Gasteiger partial charge in [0, 0.05) is 4.90 Å². The molecule has 0 heterocycles. The molecule has 0 aliphatic heterocycles. The molecule has 2 rings (SSSR count). The Labute approximate surface area is 95.1 Å². The smallest absolute Gasteiger partial charge is 0.128 e. The lowest BCUT2D eigenvalue weighted by Gasteiger charge is -2.06. The maximum atomic E-state index is 5.67. The lowest BCUT2D eigenvalue weighted by Crippen LogP contribution is -1.84. The lowest BCUT2D eigenvalue weighted by atomic mass is 10.2. The summed E-state index contributed by atoms with van der Waals surface area (Å²) in [5.74, 6) is 1.66. The number of thiol groups is 1. The predicted octanol–water partition coefficient (Wildman–Crippen LogP) is 4.08. The number of ether oxygens (including phenoxy) is 1. The minimum Gasteiger partial charge on any atom is -0.457 e. The van der Waals surface area contributed by atoms with E-state index in [4.69, 9.17) is 4.74 Å². The lowest BCUT2D eigenvalue weighted by molar-refractivity contribution is 0.481. The first-order chi connectivity index (χ1) is 7.25. The third-order valence-corrected chi connectivity index (χ3v) is 2.64. The van der Waals surface area contributed by atoms with E-state index in [1.165, 1.54) is 0 Å². The second kappa shape index (κ2) is 4.41. The van der Waals surface area contributed by atoms with Crippen LogP contribution in [-0.2, 0) is 0 Å². The van der Waals surface area contributed by atoms with E-state index in [9.17, 15) is 0 Å². The summed E-state index contributed by atoms with van der Waals surface area (Å²) < 4.78 is 5.67. The highest BCUT2D eigenvalue weighted by molar-refractivity contribution is 7.80. The molecule has 0 unspecified atom stereocenters. The minimum atomic E-state index is 0.816. The van der Waals surface area contributed by atoms with Gasteiger partial charge >= 0.3 is 0 Å². The van der Waals surface area contributed by atoms with E-state index in [2.05, 4.69) is 12.6 Å². The summed E-state index contributed by atoms with van der Waals surface area (Å²) in [5, 5.41) is 0. The summed E-state index contributed by atoms with van der Waals surface area (Å²) >= 11 is 4.35. The Morgan fingerprint density at radius 2 is 1.67 bits per heavy atom. The zero-order chi connectivity index (χ0) is 10.7. The van der Waals surface area contributed by atoms with Crippen molar-refractivity contribution in [3.8, 4) is 11.5 Å². The minimum absolute atomic E-state index is 0.816. The van der Waals surface area contributed by atoms with Crippen LogP contribution < -0.4 is 4.74 Å². The maximum absolute atomic E-state index is 5.67. The van der Waals surface area contributed by atoms with Gasteiger partial charge in [0.1, 0.15) is 11.5 Å². The molecule has 76 valence electrons. The number of hydrogen-bond acceptors (Lipinski definition) is 2. The standard InChI is InChI=1S/C13H12OS/c1-10-7-8-12(9-13(10)15)14-11-5-3-2-4-6-11/h2-9,15H,1H3. The van der Waals surface area contributed by atoms with Crippen LogP contribution in [0.4, 0.5) is 0 Å². The second-order valence-corrected chi connectivity index (χ2v) is 3.85. The van der Waals surface area contributed by atoms with E-state index >= 15 is 0 Å². The third kappa shape index (κ3) is 2.54. The van der Waals surface area contributed by atoms with Crippen LogP contribution in [-0.4, -0.2) is 0 Å².